The van der Waals surface area contributed by atoms with Crippen LogP contribution in [0.5, 0.6) is 0 Å². The molecule has 0 aliphatic rings. The van der Waals surface area contributed by atoms with Crippen LogP contribution < -0.4 is 16.4 Å². The third-order valence-corrected chi connectivity index (χ3v) is 4.21. The summed E-state index contributed by atoms with van der Waals surface area (Å²) in [4.78, 5) is 35.3. The molecule has 0 aromatic carbocycles. The average molecular weight is 313 g/mol. The van der Waals surface area contributed by atoms with Gasteiger partial charge in [-0.15, -0.1) is 11.3 Å². The lowest BCUT2D eigenvalue weighted by Gasteiger charge is -2.20. The molecule has 0 aliphatic heterocycles. The van der Waals surface area contributed by atoms with E-state index >= 15 is 0 Å². The highest BCUT2D eigenvalue weighted by Crippen LogP contribution is 2.32. The molecule has 0 saturated carbocycles. The molecule has 1 heterocycles. The van der Waals surface area contributed by atoms with Gasteiger partial charge in [0.15, 0.2) is 0 Å². The number of carbonyl (C=O) groups excluding carboxylic acids is 2. The van der Waals surface area contributed by atoms with Crippen LogP contribution in [0.2, 0.25) is 0 Å². The topological polar surface area (TPSA) is 122 Å². The average Bonchev–Trinajstić information content (AvgIpc) is 2.61. The minimum atomic E-state index is -1.10. The molecule has 0 radical (unpaired) electrons. The van der Waals surface area contributed by atoms with Crippen molar-refractivity contribution in [3.05, 3.63) is 16.0 Å². The van der Waals surface area contributed by atoms with E-state index in [2.05, 4.69) is 10.6 Å². The van der Waals surface area contributed by atoms with Crippen molar-refractivity contribution < 1.29 is 19.5 Å². The standard InChI is InChI=1S/C13H19N3O4S/c1-5(2)9(15-13(14)20)10(17)16-11-8(12(18)19)6(3)7(4)21-11/h5,9H,1-4H3,(H,16,17)(H,18,19)(H3,14,15,20). The molecule has 1 atom stereocenters. The van der Waals surface area contributed by atoms with Crippen LogP contribution in [0.4, 0.5) is 9.80 Å². The fourth-order valence-electron chi connectivity index (χ4n) is 1.85. The molecule has 1 aromatic rings. The first kappa shape index (κ1) is 17.0. The predicted octanol–water partition coefficient (Wildman–Crippen LogP) is 1.69. The summed E-state index contributed by atoms with van der Waals surface area (Å²) in [5.74, 6) is -1.78. The van der Waals surface area contributed by atoms with Gasteiger partial charge >= 0.3 is 12.0 Å². The lowest BCUT2D eigenvalue weighted by atomic mass is 10.0. The van der Waals surface area contributed by atoms with Crippen LogP contribution in [-0.4, -0.2) is 29.1 Å². The minimum absolute atomic E-state index is 0.0763. The van der Waals surface area contributed by atoms with Crippen LogP contribution in [0.3, 0.4) is 0 Å². The van der Waals surface area contributed by atoms with E-state index in [1.54, 1.807) is 27.7 Å². The van der Waals surface area contributed by atoms with E-state index in [4.69, 9.17) is 5.73 Å². The number of primary amides is 1. The number of carboxylic acid groups (broad SMARTS) is 1. The maximum atomic E-state index is 12.2. The third kappa shape index (κ3) is 3.94. The predicted molar refractivity (Wildman–Crippen MR) is 80.7 cm³/mol. The summed E-state index contributed by atoms with van der Waals surface area (Å²) in [5.41, 5.74) is 5.74. The molecule has 1 aromatic heterocycles. The van der Waals surface area contributed by atoms with E-state index in [1.165, 1.54) is 11.3 Å². The zero-order valence-electron chi connectivity index (χ0n) is 12.3. The van der Waals surface area contributed by atoms with E-state index in [-0.39, 0.29) is 16.5 Å². The number of aryl methyl sites for hydroxylation is 1. The summed E-state index contributed by atoms with van der Waals surface area (Å²) in [5, 5.41) is 14.4. The van der Waals surface area contributed by atoms with Gasteiger partial charge in [0.1, 0.15) is 11.0 Å². The molecule has 21 heavy (non-hydrogen) atoms. The number of carboxylic acids is 1. The number of nitrogens with one attached hydrogen (secondary N) is 2. The highest BCUT2D eigenvalue weighted by molar-refractivity contribution is 7.16. The second kappa shape index (κ2) is 6.57. The van der Waals surface area contributed by atoms with Gasteiger partial charge in [-0.1, -0.05) is 13.8 Å². The van der Waals surface area contributed by atoms with Gasteiger partial charge in [0.2, 0.25) is 5.91 Å². The molecule has 3 amide bonds. The Morgan fingerprint density at radius 3 is 2.24 bits per heavy atom. The van der Waals surface area contributed by atoms with E-state index < -0.39 is 23.9 Å². The van der Waals surface area contributed by atoms with E-state index in [0.717, 1.165) is 4.88 Å². The third-order valence-electron chi connectivity index (χ3n) is 3.08. The number of urea groups is 1. The Morgan fingerprint density at radius 1 is 1.24 bits per heavy atom. The number of carbonyl (C=O) groups is 3. The minimum Gasteiger partial charge on any atom is -0.478 e. The van der Waals surface area contributed by atoms with Crippen LogP contribution in [0.25, 0.3) is 0 Å². The normalized spacial score (nSPS) is 12.0. The zero-order valence-corrected chi connectivity index (χ0v) is 13.1. The molecule has 1 unspecified atom stereocenters. The van der Waals surface area contributed by atoms with Crippen molar-refractivity contribution in [1.29, 1.82) is 0 Å². The van der Waals surface area contributed by atoms with Crippen LogP contribution in [-0.2, 0) is 4.79 Å². The first-order valence-electron chi connectivity index (χ1n) is 6.35. The molecule has 0 aliphatic carbocycles. The van der Waals surface area contributed by atoms with Gasteiger partial charge in [0, 0.05) is 4.88 Å². The van der Waals surface area contributed by atoms with Gasteiger partial charge in [0.05, 0.1) is 5.56 Å². The van der Waals surface area contributed by atoms with Gasteiger partial charge < -0.3 is 21.5 Å². The molecule has 0 spiro atoms. The first-order chi connectivity index (χ1) is 9.65. The number of aromatic carboxylic acids is 1. The van der Waals surface area contributed by atoms with Gasteiger partial charge in [-0.25, -0.2) is 9.59 Å². The van der Waals surface area contributed by atoms with E-state index in [9.17, 15) is 19.5 Å². The Hall–Kier alpha value is -2.09. The molecule has 7 nitrogen and oxygen atoms in total. The van der Waals surface area contributed by atoms with Crippen LogP contribution in [0.15, 0.2) is 0 Å². The first-order valence-corrected chi connectivity index (χ1v) is 7.16. The van der Waals surface area contributed by atoms with Crippen molar-refractivity contribution in [2.45, 2.75) is 33.7 Å². The maximum absolute atomic E-state index is 12.2. The number of thiophene rings is 1. The maximum Gasteiger partial charge on any atom is 0.338 e. The highest BCUT2D eigenvalue weighted by Gasteiger charge is 2.26. The van der Waals surface area contributed by atoms with Crippen molar-refractivity contribution in [2.24, 2.45) is 11.7 Å². The van der Waals surface area contributed by atoms with Crippen molar-refractivity contribution >= 4 is 34.2 Å². The molecule has 0 saturated heterocycles. The molecule has 116 valence electrons. The van der Waals surface area contributed by atoms with E-state index in [0.29, 0.717) is 5.56 Å². The number of nitrogens with two attached hydrogens (primary N) is 1. The Balaban J connectivity index is 3.04. The van der Waals surface area contributed by atoms with Crippen LogP contribution >= 0.6 is 11.3 Å². The number of hydrogen-bond donors (Lipinski definition) is 4. The van der Waals surface area contributed by atoms with Crippen LogP contribution in [0.1, 0.15) is 34.6 Å². The quantitative estimate of drug-likeness (QED) is 0.660. The molecule has 0 bridgehead atoms. The Morgan fingerprint density at radius 2 is 1.81 bits per heavy atom. The lowest BCUT2D eigenvalue weighted by molar-refractivity contribution is -0.118. The molecule has 5 N–H and O–H groups in total. The van der Waals surface area contributed by atoms with Gasteiger partial charge in [-0.3, -0.25) is 4.79 Å². The van der Waals surface area contributed by atoms with Crippen molar-refractivity contribution in [3.63, 3.8) is 0 Å². The van der Waals surface area contributed by atoms with Gasteiger partial charge in [0.25, 0.3) is 0 Å². The lowest BCUT2D eigenvalue weighted by Crippen LogP contribution is -2.49. The Bertz CT molecular complexity index is 580. The Labute approximate surface area is 126 Å². The summed E-state index contributed by atoms with van der Waals surface area (Å²) in [7, 11) is 0. The zero-order chi connectivity index (χ0) is 16.3. The molecule has 0 fully saturated rings. The fourth-order valence-corrected chi connectivity index (χ4v) is 2.91. The summed E-state index contributed by atoms with van der Waals surface area (Å²) < 4.78 is 0. The molecule has 8 heteroatoms. The summed E-state index contributed by atoms with van der Waals surface area (Å²) in [6, 6.07) is -1.63. The van der Waals surface area contributed by atoms with Crippen molar-refractivity contribution in [2.75, 3.05) is 5.32 Å². The molecule has 1 rings (SSSR count). The van der Waals surface area contributed by atoms with E-state index in [1.807, 2.05) is 0 Å². The summed E-state index contributed by atoms with van der Waals surface area (Å²) in [6.07, 6.45) is 0. The summed E-state index contributed by atoms with van der Waals surface area (Å²) >= 11 is 1.19. The van der Waals surface area contributed by atoms with Crippen molar-refractivity contribution in [3.8, 4) is 0 Å². The highest BCUT2D eigenvalue weighted by atomic mass is 32.1. The smallest absolute Gasteiger partial charge is 0.338 e. The largest absolute Gasteiger partial charge is 0.478 e. The number of hydrogen-bond acceptors (Lipinski definition) is 4. The molecular formula is C13H19N3O4S. The number of anilines is 1. The SMILES string of the molecule is Cc1sc(NC(=O)C(NC(N)=O)C(C)C)c(C(=O)O)c1C. The number of rotatable bonds is 5. The monoisotopic (exact) mass is 313 g/mol. The van der Waals surface area contributed by atoms with Gasteiger partial charge in [-0.05, 0) is 25.3 Å². The second-order valence-electron chi connectivity index (χ2n) is 5.01. The fraction of sp³-hybridized carbons (Fsp3) is 0.462. The summed E-state index contributed by atoms with van der Waals surface area (Å²) in [6.45, 7) is 6.97. The van der Waals surface area contributed by atoms with Crippen LogP contribution in [0, 0.1) is 19.8 Å². The van der Waals surface area contributed by atoms with Crippen molar-refractivity contribution in [1.82, 2.24) is 5.32 Å². The Kier molecular flexibility index (Phi) is 5.31. The molecular weight excluding hydrogens is 294 g/mol. The second-order valence-corrected chi connectivity index (χ2v) is 6.24. The number of amides is 3. The van der Waals surface area contributed by atoms with Gasteiger partial charge in [-0.2, -0.15) is 0 Å².